The molecule has 1 aliphatic rings. The molecular formula is C20H18ClFN4O2. The summed E-state index contributed by atoms with van der Waals surface area (Å²) in [7, 11) is 0. The van der Waals surface area contributed by atoms with Gasteiger partial charge in [0, 0.05) is 22.7 Å². The van der Waals surface area contributed by atoms with Gasteiger partial charge in [-0.05, 0) is 48.4 Å². The number of aromatic nitrogens is 1. The minimum Gasteiger partial charge on any atom is -0.356 e. The van der Waals surface area contributed by atoms with E-state index in [9.17, 15) is 9.18 Å². The minimum atomic E-state index is -0.391. The van der Waals surface area contributed by atoms with Gasteiger partial charge in [-0.25, -0.2) is 15.2 Å². The van der Waals surface area contributed by atoms with Gasteiger partial charge in [0.1, 0.15) is 17.6 Å². The van der Waals surface area contributed by atoms with Crippen LogP contribution in [-0.2, 0) is 11.3 Å². The third-order valence-corrected chi connectivity index (χ3v) is 4.88. The highest BCUT2D eigenvalue weighted by atomic mass is 35.5. The topological polar surface area (TPSA) is 79.2 Å². The summed E-state index contributed by atoms with van der Waals surface area (Å²) in [5.41, 5.74) is 8.46. The van der Waals surface area contributed by atoms with Gasteiger partial charge in [-0.3, -0.25) is 4.79 Å². The smallest absolute Gasteiger partial charge is 0.238 e. The molecule has 8 heteroatoms. The number of hydrogen-bond acceptors (Lipinski definition) is 5. The van der Waals surface area contributed by atoms with Crippen molar-refractivity contribution in [3.63, 3.8) is 0 Å². The van der Waals surface area contributed by atoms with Gasteiger partial charge in [0.2, 0.25) is 5.91 Å². The number of amides is 1. The molecule has 1 fully saturated rings. The summed E-state index contributed by atoms with van der Waals surface area (Å²) < 4.78 is 18.4. The molecule has 2 aromatic carbocycles. The fraction of sp³-hybridized carbons (Fsp3) is 0.200. The summed E-state index contributed by atoms with van der Waals surface area (Å²) in [6.45, 7) is 0.259. The summed E-state index contributed by atoms with van der Waals surface area (Å²) in [5.74, 6) is 0.181. The molecule has 2 unspecified atom stereocenters. The molecule has 1 aromatic heterocycles. The SMILES string of the molecule is O=C(NCc1cc(-c2ccc(Cl)cc2)on1)C1CC(c2ccc(F)cc2)NN1. The maximum atomic E-state index is 13.0. The van der Waals surface area contributed by atoms with Gasteiger partial charge < -0.3 is 9.84 Å². The van der Waals surface area contributed by atoms with Gasteiger partial charge in [-0.15, -0.1) is 0 Å². The highest BCUT2D eigenvalue weighted by Crippen LogP contribution is 2.24. The molecule has 0 spiro atoms. The van der Waals surface area contributed by atoms with E-state index in [0.717, 1.165) is 11.1 Å². The van der Waals surface area contributed by atoms with Crippen molar-refractivity contribution < 1.29 is 13.7 Å². The summed E-state index contributed by atoms with van der Waals surface area (Å²) in [6, 6.07) is 14.8. The number of halogens is 2. The zero-order valence-electron chi connectivity index (χ0n) is 14.8. The largest absolute Gasteiger partial charge is 0.356 e. The Kier molecular flexibility index (Phi) is 5.38. The summed E-state index contributed by atoms with van der Waals surface area (Å²) in [4.78, 5) is 12.4. The van der Waals surface area contributed by atoms with E-state index in [0.29, 0.717) is 22.9 Å². The second-order valence-electron chi connectivity index (χ2n) is 6.59. The molecule has 2 atom stereocenters. The first-order chi connectivity index (χ1) is 13.6. The number of hydrogen-bond donors (Lipinski definition) is 3. The second kappa shape index (κ2) is 8.10. The van der Waals surface area contributed by atoms with Crippen LogP contribution in [0.25, 0.3) is 11.3 Å². The zero-order chi connectivity index (χ0) is 19.5. The van der Waals surface area contributed by atoms with E-state index in [-0.39, 0.29) is 24.3 Å². The molecule has 0 bridgehead atoms. The van der Waals surface area contributed by atoms with Crippen LogP contribution in [-0.4, -0.2) is 17.1 Å². The van der Waals surface area contributed by atoms with Crippen LogP contribution in [0.15, 0.2) is 59.1 Å². The first kappa shape index (κ1) is 18.6. The molecule has 4 rings (SSSR count). The number of hydrazine groups is 1. The molecule has 6 nitrogen and oxygen atoms in total. The molecule has 0 radical (unpaired) electrons. The molecule has 28 heavy (non-hydrogen) atoms. The van der Waals surface area contributed by atoms with Crippen molar-refractivity contribution >= 4 is 17.5 Å². The van der Waals surface area contributed by atoms with Gasteiger partial charge in [-0.1, -0.05) is 28.9 Å². The zero-order valence-corrected chi connectivity index (χ0v) is 15.5. The van der Waals surface area contributed by atoms with E-state index in [4.69, 9.17) is 16.1 Å². The number of benzene rings is 2. The minimum absolute atomic E-state index is 0.0556. The van der Waals surface area contributed by atoms with E-state index in [2.05, 4.69) is 21.3 Å². The average molecular weight is 401 g/mol. The molecule has 1 amide bonds. The van der Waals surface area contributed by atoms with Crippen molar-refractivity contribution in [3.05, 3.63) is 76.7 Å². The van der Waals surface area contributed by atoms with Crippen LogP contribution in [0, 0.1) is 5.82 Å². The van der Waals surface area contributed by atoms with Crippen molar-refractivity contribution in [1.29, 1.82) is 0 Å². The summed E-state index contributed by atoms with van der Waals surface area (Å²) >= 11 is 5.89. The standard InChI is InChI=1S/C20H18ClFN4O2/c21-14-5-1-13(2-6-14)19-9-16(26-28-19)11-23-20(27)18-10-17(24-25-18)12-3-7-15(22)8-4-12/h1-9,17-18,24-25H,10-11H2,(H,23,27). The second-order valence-corrected chi connectivity index (χ2v) is 7.02. The fourth-order valence-corrected chi connectivity index (χ4v) is 3.21. The number of rotatable bonds is 5. The summed E-state index contributed by atoms with van der Waals surface area (Å²) in [5, 5.41) is 7.49. The maximum absolute atomic E-state index is 13.0. The Morgan fingerprint density at radius 2 is 1.93 bits per heavy atom. The highest BCUT2D eigenvalue weighted by molar-refractivity contribution is 6.30. The van der Waals surface area contributed by atoms with Crippen molar-refractivity contribution in [2.45, 2.75) is 25.0 Å². The van der Waals surface area contributed by atoms with Crippen LogP contribution < -0.4 is 16.2 Å². The van der Waals surface area contributed by atoms with Crippen molar-refractivity contribution in [3.8, 4) is 11.3 Å². The van der Waals surface area contributed by atoms with E-state index in [1.54, 1.807) is 30.3 Å². The number of carbonyl (C=O) groups excluding carboxylic acids is 1. The molecule has 2 heterocycles. The molecule has 1 aliphatic heterocycles. The Balaban J connectivity index is 1.31. The van der Waals surface area contributed by atoms with Crippen LogP contribution in [0.2, 0.25) is 5.02 Å². The molecule has 3 aromatic rings. The summed E-state index contributed by atoms with van der Waals surface area (Å²) in [6.07, 6.45) is 0.562. The fourth-order valence-electron chi connectivity index (χ4n) is 3.09. The van der Waals surface area contributed by atoms with Crippen LogP contribution in [0.5, 0.6) is 0 Å². The van der Waals surface area contributed by atoms with Crippen molar-refractivity contribution in [2.75, 3.05) is 0 Å². The first-order valence-electron chi connectivity index (χ1n) is 8.84. The first-order valence-corrected chi connectivity index (χ1v) is 9.22. The lowest BCUT2D eigenvalue weighted by molar-refractivity contribution is -0.123. The van der Waals surface area contributed by atoms with E-state index in [1.165, 1.54) is 12.1 Å². The van der Waals surface area contributed by atoms with Crippen LogP contribution in [0.1, 0.15) is 23.7 Å². The highest BCUT2D eigenvalue weighted by Gasteiger charge is 2.30. The van der Waals surface area contributed by atoms with Gasteiger partial charge in [0.15, 0.2) is 5.76 Å². The molecule has 0 saturated carbocycles. The Bertz CT molecular complexity index is 959. The van der Waals surface area contributed by atoms with Gasteiger partial charge in [0.05, 0.1) is 6.54 Å². The van der Waals surface area contributed by atoms with Crippen molar-refractivity contribution in [1.82, 2.24) is 21.3 Å². The molecule has 3 N–H and O–H groups in total. The van der Waals surface area contributed by atoms with Crippen LogP contribution in [0.4, 0.5) is 4.39 Å². The van der Waals surface area contributed by atoms with Crippen LogP contribution >= 0.6 is 11.6 Å². The van der Waals surface area contributed by atoms with Crippen molar-refractivity contribution in [2.24, 2.45) is 0 Å². The van der Waals surface area contributed by atoms with E-state index in [1.807, 2.05) is 12.1 Å². The van der Waals surface area contributed by atoms with Gasteiger partial charge >= 0.3 is 0 Å². The third kappa shape index (κ3) is 4.22. The average Bonchev–Trinajstić information content (AvgIpc) is 3.37. The normalized spacial score (nSPS) is 18.9. The molecule has 0 aliphatic carbocycles. The Morgan fingerprint density at radius 1 is 1.18 bits per heavy atom. The number of nitrogens with one attached hydrogen (secondary N) is 3. The van der Waals surface area contributed by atoms with E-state index >= 15 is 0 Å². The third-order valence-electron chi connectivity index (χ3n) is 4.62. The number of carbonyl (C=O) groups is 1. The van der Waals surface area contributed by atoms with Crippen LogP contribution in [0.3, 0.4) is 0 Å². The molecular weight excluding hydrogens is 383 g/mol. The monoisotopic (exact) mass is 400 g/mol. The number of nitrogens with zero attached hydrogens (tertiary/aromatic N) is 1. The quantitative estimate of drug-likeness (QED) is 0.612. The Hall–Kier alpha value is -2.74. The molecule has 144 valence electrons. The van der Waals surface area contributed by atoms with Gasteiger partial charge in [-0.2, -0.15) is 0 Å². The lowest BCUT2D eigenvalue weighted by Gasteiger charge is -2.10. The lowest BCUT2D eigenvalue weighted by atomic mass is 10.0. The Labute approximate surface area is 166 Å². The van der Waals surface area contributed by atoms with Gasteiger partial charge in [0.25, 0.3) is 0 Å². The maximum Gasteiger partial charge on any atom is 0.238 e. The van der Waals surface area contributed by atoms with E-state index < -0.39 is 6.04 Å². The molecule has 1 saturated heterocycles. The predicted octanol–water partition coefficient (Wildman–Crippen LogP) is 3.36. The lowest BCUT2D eigenvalue weighted by Crippen LogP contribution is -2.42. The predicted molar refractivity (Wildman–Crippen MR) is 103 cm³/mol. The Morgan fingerprint density at radius 3 is 2.68 bits per heavy atom.